The Balaban J connectivity index is 1.69. The number of hydrogen-bond acceptors (Lipinski definition) is 5. The van der Waals surface area contributed by atoms with Crippen molar-refractivity contribution in [2.45, 2.75) is 23.5 Å². The lowest BCUT2D eigenvalue weighted by Gasteiger charge is -2.31. The van der Waals surface area contributed by atoms with Crippen LogP contribution in [-0.2, 0) is 16.4 Å². The fourth-order valence-electron chi connectivity index (χ4n) is 3.66. The van der Waals surface area contributed by atoms with Gasteiger partial charge in [-0.05, 0) is 24.1 Å². The number of benzene rings is 2. The van der Waals surface area contributed by atoms with E-state index in [1.54, 1.807) is 18.2 Å². The lowest BCUT2D eigenvalue weighted by molar-refractivity contribution is 0.0561. The van der Waals surface area contributed by atoms with Crippen molar-refractivity contribution < 1.29 is 13.5 Å². The first kappa shape index (κ1) is 18.9. The number of hydrogen-bond donors (Lipinski definition) is 1. The van der Waals surface area contributed by atoms with Crippen LogP contribution in [0.5, 0.6) is 0 Å². The predicted molar refractivity (Wildman–Crippen MR) is 104 cm³/mol. The number of aliphatic hydroxyl groups is 1. The first-order valence-electron chi connectivity index (χ1n) is 8.76. The van der Waals surface area contributed by atoms with Crippen LogP contribution in [0, 0.1) is 0 Å². The number of likely N-dealkylation sites (tertiary alicyclic amines) is 1. The van der Waals surface area contributed by atoms with Crippen LogP contribution >= 0.6 is 0 Å². The van der Waals surface area contributed by atoms with Gasteiger partial charge in [0.05, 0.1) is 16.2 Å². The van der Waals surface area contributed by atoms with Gasteiger partial charge in [0, 0.05) is 39.5 Å². The zero-order valence-electron chi connectivity index (χ0n) is 15.3. The van der Waals surface area contributed by atoms with Gasteiger partial charge in [-0.15, -0.1) is 0 Å². The highest BCUT2D eigenvalue weighted by Crippen LogP contribution is 2.29. The van der Waals surface area contributed by atoms with Crippen molar-refractivity contribution in [3.8, 4) is 0 Å². The van der Waals surface area contributed by atoms with E-state index in [4.69, 9.17) is 0 Å². The van der Waals surface area contributed by atoms with Gasteiger partial charge in [0.1, 0.15) is 0 Å². The molecule has 1 atom stereocenters. The Morgan fingerprint density at radius 1 is 1.12 bits per heavy atom. The maximum atomic E-state index is 12.0. The van der Waals surface area contributed by atoms with Crippen molar-refractivity contribution in [2.24, 2.45) is 0 Å². The number of rotatable bonds is 6. The summed E-state index contributed by atoms with van der Waals surface area (Å²) in [5, 5.41) is 11.0. The lowest BCUT2D eigenvalue weighted by Crippen LogP contribution is -2.44. The summed E-state index contributed by atoms with van der Waals surface area (Å²) in [6.45, 7) is 2.61. The summed E-state index contributed by atoms with van der Waals surface area (Å²) >= 11 is 0. The van der Waals surface area contributed by atoms with E-state index in [1.165, 1.54) is 11.8 Å². The van der Waals surface area contributed by atoms with Crippen LogP contribution in [0.4, 0.5) is 5.69 Å². The summed E-state index contributed by atoms with van der Waals surface area (Å²) in [4.78, 5) is 4.39. The third kappa shape index (κ3) is 4.44. The van der Waals surface area contributed by atoms with Crippen LogP contribution in [0.25, 0.3) is 0 Å². The Labute approximate surface area is 155 Å². The minimum Gasteiger partial charge on any atom is -0.387 e. The maximum Gasteiger partial charge on any atom is 0.177 e. The van der Waals surface area contributed by atoms with E-state index in [0.717, 1.165) is 13.1 Å². The highest BCUT2D eigenvalue weighted by molar-refractivity contribution is 7.90. The molecule has 1 aliphatic rings. The zero-order chi connectivity index (χ0) is 18.8. The summed E-state index contributed by atoms with van der Waals surface area (Å²) in [5.41, 5.74) is 1.01. The zero-order valence-corrected chi connectivity index (χ0v) is 16.1. The fraction of sp³-hybridized carbons (Fsp3) is 0.400. The largest absolute Gasteiger partial charge is 0.387 e. The maximum absolute atomic E-state index is 12.0. The third-order valence-electron chi connectivity index (χ3n) is 4.87. The van der Waals surface area contributed by atoms with Gasteiger partial charge < -0.3 is 10.0 Å². The van der Waals surface area contributed by atoms with E-state index in [9.17, 15) is 13.5 Å². The highest BCUT2D eigenvalue weighted by atomic mass is 32.2. The molecule has 1 saturated heterocycles. The molecule has 5 nitrogen and oxygen atoms in total. The van der Waals surface area contributed by atoms with Crippen LogP contribution in [-0.4, -0.2) is 57.0 Å². The molecule has 1 heterocycles. The van der Waals surface area contributed by atoms with E-state index in [-0.39, 0.29) is 0 Å². The van der Waals surface area contributed by atoms with E-state index in [1.807, 2.05) is 36.2 Å². The molecule has 1 aliphatic heterocycles. The average molecular weight is 375 g/mol. The van der Waals surface area contributed by atoms with Gasteiger partial charge in [-0.1, -0.05) is 42.5 Å². The molecule has 3 rings (SSSR count). The van der Waals surface area contributed by atoms with Crippen molar-refractivity contribution in [2.75, 3.05) is 37.8 Å². The number of sulfone groups is 1. The van der Waals surface area contributed by atoms with Crippen molar-refractivity contribution in [1.82, 2.24) is 4.90 Å². The van der Waals surface area contributed by atoms with E-state index >= 15 is 0 Å². The molecule has 6 heteroatoms. The summed E-state index contributed by atoms with van der Waals surface area (Å²) in [6.07, 6.45) is 1.89. The molecule has 2 aromatic rings. The second-order valence-electron chi connectivity index (χ2n) is 7.27. The van der Waals surface area contributed by atoms with Crippen LogP contribution in [0.15, 0.2) is 59.5 Å². The average Bonchev–Trinajstić information content (AvgIpc) is 2.95. The molecule has 0 aliphatic carbocycles. The number of β-amino-alcohol motifs (C(OH)–C–C–N with tert-alkyl or cyclic N) is 1. The van der Waals surface area contributed by atoms with Crippen LogP contribution in [0.1, 0.15) is 12.0 Å². The van der Waals surface area contributed by atoms with Gasteiger partial charge in [-0.3, -0.25) is 4.90 Å². The van der Waals surface area contributed by atoms with Gasteiger partial charge >= 0.3 is 0 Å². The quantitative estimate of drug-likeness (QED) is 0.840. The lowest BCUT2D eigenvalue weighted by atomic mass is 10.0. The molecule has 2 aromatic carbocycles. The molecule has 0 saturated carbocycles. The number of likely N-dealkylation sites (N-methyl/N-ethyl adjacent to an activating group) is 1. The summed E-state index contributed by atoms with van der Waals surface area (Å²) in [5.74, 6) is 0. The SMILES string of the molecule is CN(CC1(O)CCN(Cc2ccccc2)C1)c1ccccc1S(C)(=O)=O. The molecule has 140 valence electrons. The minimum atomic E-state index is -3.32. The molecule has 0 aromatic heterocycles. The smallest absolute Gasteiger partial charge is 0.177 e. The Kier molecular flexibility index (Phi) is 5.37. The Morgan fingerprint density at radius 3 is 2.46 bits per heavy atom. The molecule has 0 amide bonds. The standard InChI is InChI=1S/C20H26N2O3S/c1-21(18-10-6-7-11-19(18)26(2,24)25)15-20(23)12-13-22(16-20)14-17-8-4-3-5-9-17/h3-11,23H,12-16H2,1-2H3. The molecule has 0 bridgehead atoms. The number of nitrogens with zero attached hydrogens (tertiary/aromatic N) is 2. The van der Waals surface area contributed by atoms with E-state index < -0.39 is 15.4 Å². The van der Waals surface area contributed by atoms with E-state index in [0.29, 0.717) is 30.1 Å². The summed E-state index contributed by atoms with van der Waals surface area (Å²) < 4.78 is 24.1. The van der Waals surface area contributed by atoms with Gasteiger partial charge in [0.2, 0.25) is 0 Å². The van der Waals surface area contributed by atoms with Gasteiger partial charge in [0.15, 0.2) is 9.84 Å². The van der Waals surface area contributed by atoms with Crippen molar-refractivity contribution >= 4 is 15.5 Å². The molecule has 1 unspecified atom stereocenters. The monoisotopic (exact) mass is 374 g/mol. The molecule has 0 radical (unpaired) electrons. The third-order valence-corrected chi connectivity index (χ3v) is 6.01. The van der Waals surface area contributed by atoms with Crippen LogP contribution < -0.4 is 4.90 Å². The molecule has 1 fully saturated rings. The second-order valence-corrected chi connectivity index (χ2v) is 9.25. The Morgan fingerprint density at radius 2 is 1.77 bits per heavy atom. The Bertz CT molecular complexity index is 854. The molecular weight excluding hydrogens is 348 g/mol. The molecular formula is C20H26N2O3S. The molecule has 26 heavy (non-hydrogen) atoms. The van der Waals surface area contributed by atoms with Gasteiger partial charge in [-0.2, -0.15) is 0 Å². The van der Waals surface area contributed by atoms with Crippen molar-refractivity contribution in [3.63, 3.8) is 0 Å². The van der Waals surface area contributed by atoms with Crippen LogP contribution in [0.3, 0.4) is 0 Å². The molecule has 0 spiro atoms. The summed E-state index contributed by atoms with van der Waals surface area (Å²) in [7, 11) is -1.48. The van der Waals surface area contributed by atoms with E-state index in [2.05, 4.69) is 17.0 Å². The highest BCUT2D eigenvalue weighted by Gasteiger charge is 2.37. The minimum absolute atomic E-state index is 0.297. The number of para-hydroxylation sites is 1. The van der Waals surface area contributed by atoms with Crippen molar-refractivity contribution in [1.29, 1.82) is 0 Å². The van der Waals surface area contributed by atoms with Gasteiger partial charge in [-0.25, -0.2) is 8.42 Å². The normalized spacial score (nSPS) is 21.0. The first-order valence-corrected chi connectivity index (χ1v) is 10.6. The topological polar surface area (TPSA) is 60.9 Å². The fourth-order valence-corrected chi connectivity index (χ4v) is 4.59. The second kappa shape index (κ2) is 7.39. The predicted octanol–water partition coefficient (Wildman–Crippen LogP) is 2.16. The van der Waals surface area contributed by atoms with Gasteiger partial charge in [0.25, 0.3) is 0 Å². The number of anilines is 1. The van der Waals surface area contributed by atoms with Crippen molar-refractivity contribution in [3.05, 3.63) is 60.2 Å². The summed E-state index contributed by atoms with van der Waals surface area (Å²) in [6, 6.07) is 17.2. The Hall–Kier alpha value is -1.89. The van der Waals surface area contributed by atoms with Crippen LogP contribution in [0.2, 0.25) is 0 Å². The molecule has 1 N–H and O–H groups in total. The first-order chi connectivity index (χ1) is 12.3.